The van der Waals surface area contributed by atoms with Crippen LogP contribution in [0.5, 0.6) is 0 Å². The molecule has 140 valence electrons. The van der Waals surface area contributed by atoms with Gasteiger partial charge in [0, 0.05) is 23.8 Å². The Morgan fingerprint density at radius 3 is 2.96 bits per heavy atom. The molecule has 1 spiro atoms. The number of amides is 1. The summed E-state index contributed by atoms with van der Waals surface area (Å²) in [5.41, 5.74) is 4.60. The minimum absolute atomic E-state index is 0. The highest BCUT2D eigenvalue weighted by Gasteiger charge is 2.58. The minimum Gasteiger partial charge on any atom is -0.329 e. The van der Waals surface area contributed by atoms with Crippen LogP contribution in [0, 0.1) is 5.41 Å². The van der Waals surface area contributed by atoms with Gasteiger partial charge in [0.25, 0.3) is 5.91 Å². The SMILES string of the molecule is Cl.O=C(c1n[nH]c2c1CCC2)N(Cc1ccsc1)C1CC12CCNCC2. The van der Waals surface area contributed by atoms with E-state index >= 15 is 0 Å². The van der Waals surface area contributed by atoms with E-state index in [9.17, 15) is 4.79 Å². The first-order valence-electron chi connectivity index (χ1n) is 9.36. The molecule has 5 rings (SSSR count). The lowest BCUT2D eigenvalue weighted by Crippen LogP contribution is -2.39. The van der Waals surface area contributed by atoms with Crippen LogP contribution in [0.4, 0.5) is 0 Å². The van der Waals surface area contributed by atoms with Crippen molar-refractivity contribution < 1.29 is 4.79 Å². The first-order chi connectivity index (χ1) is 12.3. The first-order valence-corrected chi connectivity index (χ1v) is 10.3. The molecular weight excluding hydrogens is 368 g/mol. The number of nitrogens with one attached hydrogen (secondary N) is 2. The molecule has 1 unspecified atom stereocenters. The number of fused-ring (bicyclic) bond motifs is 1. The fourth-order valence-corrected chi connectivity index (χ4v) is 5.42. The Balaban J connectivity index is 0.00000168. The second kappa shape index (κ2) is 6.98. The Bertz CT molecular complexity index is 782. The highest BCUT2D eigenvalue weighted by Crippen LogP contribution is 2.56. The second-order valence-electron chi connectivity index (χ2n) is 7.78. The molecule has 0 radical (unpaired) electrons. The predicted octanol–water partition coefficient (Wildman–Crippen LogP) is 3.17. The number of aromatic nitrogens is 2. The molecule has 2 aromatic heterocycles. The van der Waals surface area contributed by atoms with Gasteiger partial charge in [-0.2, -0.15) is 16.4 Å². The molecule has 1 saturated heterocycles. The largest absolute Gasteiger partial charge is 0.329 e. The average molecular weight is 393 g/mol. The van der Waals surface area contributed by atoms with Crippen molar-refractivity contribution in [3.63, 3.8) is 0 Å². The number of rotatable bonds is 4. The Labute approximate surface area is 164 Å². The number of halogens is 1. The van der Waals surface area contributed by atoms with E-state index in [0.29, 0.717) is 23.7 Å². The van der Waals surface area contributed by atoms with E-state index in [0.717, 1.165) is 38.8 Å². The summed E-state index contributed by atoms with van der Waals surface area (Å²) in [6, 6.07) is 2.51. The number of carbonyl (C=O) groups is 1. The average Bonchev–Trinajstić information content (AvgIpc) is 3.10. The molecule has 2 aliphatic carbocycles. The number of aromatic amines is 1. The molecule has 2 aromatic rings. The third-order valence-electron chi connectivity index (χ3n) is 6.32. The van der Waals surface area contributed by atoms with Gasteiger partial charge in [0.1, 0.15) is 0 Å². The fourth-order valence-electron chi connectivity index (χ4n) is 4.76. The molecule has 1 atom stereocenters. The van der Waals surface area contributed by atoms with Gasteiger partial charge in [-0.3, -0.25) is 9.89 Å². The number of H-pyrrole nitrogens is 1. The Hall–Kier alpha value is -1.37. The number of carbonyl (C=O) groups excluding carboxylic acids is 1. The molecule has 1 saturated carbocycles. The minimum atomic E-state index is 0. The lowest BCUT2D eigenvalue weighted by atomic mass is 9.93. The summed E-state index contributed by atoms with van der Waals surface area (Å²) in [6.07, 6.45) is 6.66. The number of hydrogen-bond donors (Lipinski definition) is 2. The predicted molar refractivity (Wildman–Crippen MR) is 105 cm³/mol. The highest BCUT2D eigenvalue weighted by atomic mass is 35.5. The van der Waals surface area contributed by atoms with Crippen molar-refractivity contribution >= 4 is 29.7 Å². The quantitative estimate of drug-likeness (QED) is 0.840. The zero-order valence-corrected chi connectivity index (χ0v) is 16.4. The van der Waals surface area contributed by atoms with Gasteiger partial charge in [-0.15, -0.1) is 12.4 Å². The van der Waals surface area contributed by atoms with Gasteiger partial charge in [0.15, 0.2) is 5.69 Å². The van der Waals surface area contributed by atoms with Gasteiger partial charge in [-0.25, -0.2) is 0 Å². The first kappa shape index (κ1) is 18.0. The highest BCUT2D eigenvalue weighted by molar-refractivity contribution is 7.07. The van der Waals surface area contributed by atoms with Gasteiger partial charge in [-0.05, 0) is 79.4 Å². The van der Waals surface area contributed by atoms with Crippen molar-refractivity contribution in [2.45, 2.75) is 51.1 Å². The van der Waals surface area contributed by atoms with Crippen molar-refractivity contribution in [1.29, 1.82) is 0 Å². The molecule has 3 heterocycles. The van der Waals surface area contributed by atoms with E-state index in [2.05, 4.69) is 37.2 Å². The molecular formula is C19H25ClN4OS. The molecule has 2 N–H and O–H groups in total. The summed E-state index contributed by atoms with van der Waals surface area (Å²) in [5.74, 6) is 0.131. The van der Waals surface area contributed by atoms with E-state index in [4.69, 9.17) is 0 Å². The van der Waals surface area contributed by atoms with Crippen LogP contribution in [0.2, 0.25) is 0 Å². The van der Waals surface area contributed by atoms with Crippen molar-refractivity contribution in [2.24, 2.45) is 5.41 Å². The van der Waals surface area contributed by atoms with Crippen LogP contribution in [0.25, 0.3) is 0 Å². The number of piperidine rings is 1. The summed E-state index contributed by atoms with van der Waals surface area (Å²) in [6.45, 7) is 2.87. The summed E-state index contributed by atoms with van der Waals surface area (Å²) < 4.78 is 0. The van der Waals surface area contributed by atoms with E-state index < -0.39 is 0 Å². The summed E-state index contributed by atoms with van der Waals surface area (Å²) >= 11 is 1.70. The van der Waals surface area contributed by atoms with Crippen molar-refractivity contribution in [1.82, 2.24) is 20.4 Å². The van der Waals surface area contributed by atoms with Crippen molar-refractivity contribution in [2.75, 3.05) is 13.1 Å². The van der Waals surface area contributed by atoms with Crippen LogP contribution < -0.4 is 5.32 Å². The Kier molecular flexibility index (Phi) is 4.84. The summed E-state index contributed by atoms with van der Waals surface area (Å²) in [4.78, 5) is 15.6. The number of aryl methyl sites for hydroxylation is 1. The summed E-state index contributed by atoms with van der Waals surface area (Å²) in [7, 11) is 0. The van der Waals surface area contributed by atoms with Gasteiger partial charge in [-0.1, -0.05) is 0 Å². The third-order valence-corrected chi connectivity index (χ3v) is 7.06. The number of hydrogen-bond acceptors (Lipinski definition) is 4. The Morgan fingerprint density at radius 2 is 2.19 bits per heavy atom. The lowest BCUT2D eigenvalue weighted by Gasteiger charge is -2.29. The van der Waals surface area contributed by atoms with Crippen LogP contribution >= 0.6 is 23.7 Å². The van der Waals surface area contributed by atoms with Gasteiger partial charge >= 0.3 is 0 Å². The van der Waals surface area contributed by atoms with E-state index in [1.165, 1.54) is 29.7 Å². The van der Waals surface area contributed by atoms with E-state index in [1.807, 2.05) is 0 Å². The maximum absolute atomic E-state index is 13.4. The van der Waals surface area contributed by atoms with Crippen LogP contribution in [0.1, 0.15) is 53.0 Å². The summed E-state index contributed by atoms with van der Waals surface area (Å²) in [5, 5.41) is 15.2. The zero-order valence-electron chi connectivity index (χ0n) is 14.8. The standard InChI is InChI=1S/C19H24N4OS.ClH/c24-18(17-14-2-1-3-15(14)21-22-17)23(11-13-4-9-25-12-13)16-10-19(16)5-7-20-8-6-19;/h4,9,12,16,20H,1-3,5-8,10-11H2,(H,21,22);1H. The van der Waals surface area contributed by atoms with E-state index in [1.54, 1.807) is 11.3 Å². The number of nitrogens with zero attached hydrogens (tertiary/aromatic N) is 2. The molecule has 1 amide bonds. The molecule has 3 aliphatic rings. The van der Waals surface area contributed by atoms with Crippen LogP contribution in [-0.2, 0) is 19.4 Å². The maximum Gasteiger partial charge on any atom is 0.275 e. The maximum atomic E-state index is 13.4. The monoisotopic (exact) mass is 392 g/mol. The van der Waals surface area contributed by atoms with Crippen molar-refractivity contribution in [3.05, 3.63) is 39.3 Å². The molecule has 0 bridgehead atoms. The van der Waals surface area contributed by atoms with Crippen LogP contribution in [-0.4, -0.2) is 40.1 Å². The van der Waals surface area contributed by atoms with Crippen LogP contribution in [0.3, 0.4) is 0 Å². The molecule has 7 heteroatoms. The Morgan fingerprint density at radius 1 is 1.35 bits per heavy atom. The number of thiophene rings is 1. The molecule has 2 fully saturated rings. The molecule has 1 aliphatic heterocycles. The smallest absolute Gasteiger partial charge is 0.275 e. The fraction of sp³-hybridized carbons (Fsp3) is 0.579. The third kappa shape index (κ3) is 2.98. The van der Waals surface area contributed by atoms with Gasteiger partial charge in [0.2, 0.25) is 0 Å². The molecule has 5 nitrogen and oxygen atoms in total. The normalized spacial score (nSPS) is 22.7. The van der Waals surface area contributed by atoms with Crippen molar-refractivity contribution in [3.8, 4) is 0 Å². The van der Waals surface area contributed by atoms with Crippen LogP contribution in [0.15, 0.2) is 16.8 Å². The van der Waals surface area contributed by atoms with E-state index in [-0.39, 0.29) is 18.3 Å². The van der Waals surface area contributed by atoms with Gasteiger partial charge in [0.05, 0.1) is 0 Å². The molecule has 26 heavy (non-hydrogen) atoms. The zero-order chi connectivity index (χ0) is 16.9. The van der Waals surface area contributed by atoms with Gasteiger partial charge < -0.3 is 10.2 Å². The topological polar surface area (TPSA) is 61.0 Å². The molecule has 0 aromatic carbocycles. The second-order valence-corrected chi connectivity index (χ2v) is 8.56. The lowest BCUT2D eigenvalue weighted by molar-refractivity contribution is 0.0685.